The zero-order chi connectivity index (χ0) is 21.6. The van der Waals surface area contributed by atoms with E-state index in [2.05, 4.69) is 16.7 Å². The van der Waals surface area contributed by atoms with Gasteiger partial charge < -0.3 is 15.4 Å². The number of hydrogen-bond acceptors (Lipinski definition) is 5. The molecule has 1 aliphatic carbocycles. The van der Waals surface area contributed by atoms with Crippen molar-refractivity contribution in [3.05, 3.63) is 60.2 Å². The van der Waals surface area contributed by atoms with Crippen molar-refractivity contribution in [1.29, 1.82) is 5.26 Å². The van der Waals surface area contributed by atoms with E-state index in [-0.39, 0.29) is 12.5 Å². The third kappa shape index (κ3) is 5.45. The number of carbonyl (C=O) groups excluding carboxylic acids is 3. The van der Waals surface area contributed by atoms with Crippen molar-refractivity contribution >= 4 is 17.8 Å². The lowest BCUT2D eigenvalue weighted by Gasteiger charge is -2.22. The minimum atomic E-state index is -0.941. The summed E-state index contributed by atoms with van der Waals surface area (Å²) >= 11 is 0. The number of nitrogens with zero attached hydrogens (tertiary/aromatic N) is 1. The first-order valence-corrected chi connectivity index (χ1v) is 9.73. The van der Waals surface area contributed by atoms with E-state index < -0.39 is 29.9 Å². The molecule has 2 N–H and O–H groups in total. The molecule has 0 aliphatic heterocycles. The lowest BCUT2D eigenvalue weighted by atomic mass is 9.98. The van der Waals surface area contributed by atoms with Gasteiger partial charge in [-0.1, -0.05) is 42.5 Å². The highest BCUT2D eigenvalue weighted by Crippen LogP contribution is 2.39. The molecule has 1 fully saturated rings. The Morgan fingerprint density at radius 1 is 1.07 bits per heavy atom. The van der Waals surface area contributed by atoms with Crippen LogP contribution in [0, 0.1) is 17.2 Å². The van der Waals surface area contributed by atoms with Crippen LogP contribution >= 0.6 is 0 Å². The molecule has 1 aliphatic rings. The maximum absolute atomic E-state index is 12.2. The molecule has 2 aromatic rings. The fourth-order valence-corrected chi connectivity index (χ4v) is 3.10. The highest BCUT2D eigenvalue weighted by Gasteiger charge is 2.43. The summed E-state index contributed by atoms with van der Waals surface area (Å²) in [5.41, 5.74) is 1.49. The average Bonchev–Trinajstić information content (AvgIpc) is 3.63. The average molecular weight is 405 g/mol. The van der Waals surface area contributed by atoms with Crippen molar-refractivity contribution in [3.63, 3.8) is 0 Å². The van der Waals surface area contributed by atoms with Gasteiger partial charge in [-0.3, -0.25) is 14.4 Å². The van der Waals surface area contributed by atoms with Gasteiger partial charge in [-0.05, 0) is 48.9 Å². The highest BCUT2D eigenvalue weighted by molar-refractivity contribution is 5.96. The van der Waals surface area contributed by atoms with Crippen LogP contribution in [0.1, 0.15) is 30.1 Å². The van der Waals surface area contributed by atoms with Crippen molar-refractivity contribution < 1.29 is 19.1 Å². The molecule has 0 unspecified atom stereocenters. The predicted molar refractivity (Wildman–Crippen MR) is 110 cm³/mol. The first kappa shape index (κ1) is 21.1. The summed E-state index contributed by atoms with van der Waals surface area (Å²) in [6.45, 7) is 0.808. The lowest BCUT2D eigenvalue weighted by Crippen LogP contribution is -2.48. The molecule has 2 amide bonds. The zero-order valence-electron chi connectivity index (χ0n) is 16.7. The van der Waals surface area contributed by atoms with Crippen LogP contribution in [0.25, 0.3) is 11.1 Å². The van der Waals surface area contributed by atoms with Gasteiger partial charge in [0, 0.05) is 5.56 Å². The molecular formula is C23H23N3O4. The van der Waals surface area contributed by atoms with Crippen molar-refractivity contribution in [2.45, 2.75) is 25.3 Å². The number of ether oxygens (including phenoxy) is 1. The van der Waals surface area contributed by atoms with E-state index in [4.69, 9.17) is 4.74 Å². The van der Waals surface area contributed by atoms with Gasteiger partial charge in [0.2, 0.25) is 0 Å². The fraction of sp³-hybridized carbons (Fsp3) is 0.304. The summed E-state index contributed by atoms with van der Waals surface area (Å²) in [6, 6.07) is 18.9. The Kier molecular flexibility index (Phi) is 6.48. The first-order chi connectivity index (χ1) is 14.4. The molecule has 0 bridgehead atoms. The third-order valence-electron chi connectivity index (χ3n) is 5.04. The summed E-state index contributed by atoms with van der Waals surface area (Å²) in [4.78, 5) is 36.0. The summed E-state index contributed by atoms with van der Waals surface area (Å²) in [6.07, 6.45) is 1.78. The van der Waals surface area contributed by atoms with E-state index in [1.807, 2.05) is 42.5 Å². The summed E-state index contributed by atoms with van der Waals surface area (Å²) < 4.78 is 4.88. The van der Waals surface area contributed by atoms with E-state index in [1.54, 1.807) is 19.1 Å². The molecule has 1 saturated carbocycles. The van der Waals surface area contributed by atoms with E-state index >= 15 is 0 Å². The lowest BCUT2D eigenvalue weighted by molar-refractivity contribution is -0.147. The number of rotatable bonds is 8. The molecule has 7 heteroatoms. The van der Waals surface area contributed by atoms with Crippen LogP contribution in [-0.4, -0.2) is 36.5 Å². The van der Waals surface area contributed by atoms with Crippen molar-refractivity contribution in [1.82, 2.24) is 10.6 Å². The van der Waals surface area contributed by atoms with E-state index in [0.717, 1.165) is 24.0 Å². The zero-order valence-corrected chi connectivity index (χ0v) is 16.7. The molecular weight excluding hydrogens is 382 g/mol. The van der Waals surface area contributed by atoms with Crippen LogP contribution in [0.15, 0.2) is 54.6 Å². The number of hydrogen-bond donors (Lipinski definition) is 2. The molecule has 0 aromatic heterocycles. The molecule has 1 atom stereocenters. The van der Waals surface area contributed by atoms with Gasteiger partial charge in [-0.15, -0.1) is 0 Å². The Bertz CT molecular complexity index is 962. The quantitative estimate of drug-likeness (QED) is 0.656. The van der Waals surface area contributed by atoms with Gasteiger partial charge in [-0.25, -0.2) is 0 Å². The Labute approximate surface area is 175 Å². The standard InChI is InChI=1S/C23H23N3O4/c1-23(15-24,19-11-12-19)26-20(27)14-30-21(28)13-25-22(29)18-9-7-17(8-10-18)16-5-3-2-4-6-16/h2-10,19H,11-14H2,1H3,(H,25,29)(H,26,27)/t23-/m0/s1. The Morgan fingerprint density at radius 3 is 2.30 bits per heavy atom. The SMILES string of the molecule is C[C@@](C#N)(NC(=O)COC(=O)CNC(=O)c1ccc(-c2ccccc2)cc1)C1CC1. The maximum Gasteiger partial charge on any atom is 0.325 e. The molecule has 30 heavy (non-hydrogen) atoms. The van der Waals surface area contributed by atoms with Gasteiger partial charge >= 0.3 is 5.97 Å². The molecule has 0 spiro atoms. The summed E-state index contributed by atoms with van der Waals surface area (Å²) in [5.74, 6) is -1.55. The van der Waals surface area contributed by atoms with Gasteiger partial charge in [0.1, 0.15) is 12.1 Å². The van der Waals surface area contributed by atoms with E-state index in [9.17, 15) is 19.6 Å². The first-order valence-electron chi connectivity index (χ1n) is 9.73. The number of nitrogens with one attached hydrogen (secondary N) is 2. The fourth-order valence-electron chi connectivity index (χ4n) is 3.10. The number of amides is 2. The third-order valence-corrected chi connectivity index (χ3v) is 5.04. The molecule has 7 nitrogen and oxygen atoms in total. The molecule has 3 rings (SSSR count). The number of benzene rings is 2. The summed E-state index contributed by atoms with van der Waals surface area (Å²) in [7, 11) is 0. The Balaban J connectivity index is 1.42. The van der Waals surface area contributed by atoms with Crippen LogP contribution < -0.4 is 10.6 Å². The normalized spacial score (nSPS) is 14.7. The minimum Gasteiger partial charge on any atom is -0.454 e. The second-order valence-corrected chi connectivity index (χ2v) is 7.42. The van der Waals surface area contributed by atoms with Crippen LogP contribution in [0.2, 0.25) is 0 Å². The van der Waals surface area contributed by atoms with Crippen molar-refractivity contribution in [2.24, 2.45) is 5.92 Å². The van der Waals surface area contributed by atoms with Crippen molar-refractivity contribution in [2.75, 3.05) is 13.2 Å². The van der Waals surface area contributed by atoms with Crippen LogP contribution in [0.3, 0.4) is 0 Å². The smallest absolute Gasteiger partial charge is 0.325 e. The molecule has 0 heterocycles. The van der Waals surface area contributed by atoms with E-state index in [1.165, 1.54) is 0 Å². The summed E-state index contributed by atoms with van der Waals surface area (Å²) in [5, 5.41) is 14.3. The molecule has 0 saturated heterocycles. The van der Waals surface area contributed by atoms with Gasteiger partial charge in [0.15, 0.2) is 6.61 Å². The predicted octanol–water partition coefficient (Wildman–Crippen LogP) is 2.44. The largest absolute Gasteiger partial charge is 0.454 e. The maximum atomic E-state index is 12.2. The minimum absolute atomic E-state index is 0.134. The Morgan fingerprint density at radius 2 is 1.70 bits per heavy atom. The van der Waals surface area contributed by atoms with Crippen LogP contribution in [0.4, 0.5) is 0 Å². The topological polar surface area (TPSA) is 108 Å². The Hall–Kier alpha value is -3.66. The van der Waals surface area contributed by atoms with E-state index in [0.29, 0.717) is 5.56 Å². The molecule has 0 radical (unpaired) electrons. The molecule has 2 aromatic carbocycles. The van der Waals surface area contributed by atoms with Crippen molar-refractivity contribution in [3.8, 4) is 17.2 Å². The number of esters is 1. The number of nitriles is 1. The van der Waals surface area contributed by atoms with Crippen LogP contribution in [-0.2, 0) is 14.3 Å². The monoisotopic (exact) mass is 405 g/mol. The van der Waals surface area contributed by atoms with Gasteiger partial charge in [0.05, 0.1) is 6.07 Å². The second kappa shape index (κ2) is 9.23. The number of carbonyl (C=O) groups is 3. The van der Waals surface area contributed by atoms with Gasteiger partial charge in [-0.2, -0.15) is 5.26 Å². The van der Waals surface area contributed by atoms with Gasteiger partial charge in [0.25, 0.3) is 11.8 Å². The molecule has 154 valence electrons. The van der Waals surface area contributed by atoms with Crippen LogP contribution in [0.5, 0.6) is 0 Å². The highest BCUT2D eigenvalue weighted by atomic mass is 16.5. The second-order valence-electron chi connectivity index (χ2n) is 7.42.